The quantitative estimate of drug-likeness (QED) is 0.629. The number of rotatable bonds is 6. The molecule has 6 heteroatoms. The molecule has 31 heavy (non-hydrogen) atoms. The van der Waals surface area contributed by atoms with Crippen LogP contribution in [0.5, 0.6) is 0 Å². The molecular formula is C25H26N2O3S. The number of aryl methyl sites for hydroxylation is 1. The monoisotopic (exact) mass is 434 g/mol. The van der Waals surface area contributed by atoms with Crippen LogP contribution in [-0.2, 0) is 10.0 Å². The van der Waals surface area contributed by atoms with Crippen LogP contribution in [0.15, 0.2) is 83.8 Å². The molecule has 0 aliphatic carbocycles. The zero-order valence-corrected chi connectivity index (χ0v) is 18.3. The van der Waals surface area contributed by atoms with Gasteiger partial charge in [0.25, 0.3) is 5.91 Å². The number of hydrogen-bond donors (Lipinski definition) is 1. The van der Waals surface area contributed by atoms with Gasteiger partial charge in [-0.2, -0.15) is 4.31 Å². The summed E-state index contributed by atoms with van der Waals surface area (Å²) in [6, 6.07) is 23.8. The molecule has 5 nitrogen and oxygen atoms in total. The summed E-state index contributed by atoms with van der Waals surface area (Å²) in [4.78, 5) is 13.3. The van der Waals surface area contributed by atoms with Gasteiger partial charge in [0.1, 0.15) is 0 Å². The largest absolute Gasteiger partial charge is 0.341 e. The molecule has 3 aromatic rings. The molecule has 0 aromatic heterocycles. The van der Waals surface area contributed by atoms with E-state index in [1.54, 1.807) is 12.1 Å². The van der Waals surface area contributed by atoms with E-state index in [9.17, 15) is 13.2 Å². The van der Waals surface area contributed by atoms with E-state index in [2.05, 4.69) is 11.4 Å². The molecule has 1 amide bonds. The Bertz CT molecular complexity index is 1150. The maximum absolute atomic E-state index is 13.0. The van der Waals surface area contributed by atoms with Crippen LogP contribution in [0, 0.1) is 6.92 Å². The SMILES string of the molecule is Cc1cccc([C@@H](NC(=O)c2ccc(S(=O)(=O)N3CCCC3)cc2)c2ccccc2)c1. The second-order valence-corrected chi connectivity index (χ2v) is 9.80. The number of hydrogen-bond acceptors (Lipinski definition) is 3. The molecule has 0 saturated carbocycles. The van der Waals surface area contributed by atoms with Crippen molar-refractivity contribution in [1.82, 2.24) is 9.62 Å². The molecule has 0 radical (unpaired) electrons. The van der Waals surface area contributed by atoms with Crippen LogP contribution in [0.1, 0.15) is 45.9 Å². The van der Waals surface area contributed by atoms with Gasteiger partial charge in [-0.05, 0) is 55.2 Å². The summed E-state index contributed by atoms with van der Waals surface area (Å²) in [6.45, 7) is 3.13. The average molecular weight is 435 g/mol. The average Bonchev–Trinajstić information content (AvgIpc) is 3.34. The summed E-state index contributed by atoms with van der Waals surface area (Å²) in [6.07, 6.45) is 1.78. The fourth-order valence-electron chi connectivity index (χ4n) is 3.92. The van der Waals surface area contributed by atoms with E-state index >= 15 is 0 Å². The second kappa shape index (κ2) is 9.04. The van der Waals surface area contributed by atoms with Crippen molar-refractivity contribution in [3.8, 4) is 0 Å². The highest BCUT2D eigenvalue weighted by Crippen LogP contribution is 2.24. The van der Waals surface area contributed by atoms with Gasteiger partial charge in [-0.25, -0.2) is 8.42 Å². The van der Waals surface area contributed by atoms with E-state index in [1.165, 1.54) is 16.4 Å². The Morgan fingerprint density at radius 2 is 1.52 bits per heavy atom. The van der Waals surface area contributed by atoms with Crippen LogP contribution in [-0.4, -0.2) is 31.7 Å². The van der Waals surface area contributed by atoms with Crippen LogP contribution >= 0.6 is 0 Å². The van der Waals surface area contributed by atoms with Gasteiger partial charge in [-0.3, -0.25) is 4.79 Å². The lowest BCUT2D eigenvalue weighted by molar-refractivity contribution is 0.0943. The Kier molecular flexibility index (Phi) is 6.20. The smallest absolute Gasteiger partial charge is 0.252 e. The fourth-order valence-corrected chi connectivity index (χ4v) is 5.44. The molecule has 1 saturated heterocycles. The van der Waals surface area contributed by atoms with Crippen molar-refractivity contribution in [2.75, 3.05) is 13.1 Å². The predicted molar refractivity (Wildman–Crippen MR) is 121 cm³/mol. The first kappa shape index (κ1) is 21.3. The first-order chi connectivity index (χ1) is 14.9. The van der Waals surface area contributed by atoms with Crippen LogP contribution in [0.3, 0.4) is 0 Å². The van der Waals surface area contributed by atoms with Crippen molar-refractivity contribution in [3.63, 3.8) is 0 Å². The molecule has 0 bridgehead atoms. The van der Waals surface area contributed by atoms with E-state index in [0.29, 0.717) is 18.7 Å². The first-order valence-corrected chi connectivity index (χ1v) is 11.9. The molecule has 160 valence electrons. The lowest BCUT2D eigenvalue weighted by Crippen LogP contribution is -2.30. The Morgan fingerprint density at radius 3 is 2.16 bits per heavy atom. The summed E-state index contributed by atoms with van der Waals surface area (Å²) < 4.78 is 26.9. The molecule has 4 rings (SSSR count). The van der Waals surface area contributed by atoms with E-state index in [4.69, 9.17) is 0 Å². The van der Waals surface area contributed by atoms with Crippen LogP contribution in [0.2, 0.25) is 0 Å². The van der Waals surface area contributed by atoms with Crippen molar-refractivity contribution in [2.24, 2.45) is 0 Å². The predicted octanol–water partition coefficient (Wildman–Crippen LogP) is 4.30. The summed E-state index contributed by atoms with van der Waals surface area (Å²) in [5.74, 6) is -0.250. The Labute approximate surface area is 183 Å². The summed E-state index contributed by atoms with van der Waals surface area (Å²) in [5.41, 5.74) is 3.51. The standard InChI is InChI=1S/C25H26N2O3S/c1-19-8-7-11-22(18-19)24(20-9-3-2-4-10-20)26-25(28)21-12-14-23(15-13-21)31(29,30)27-16-5-6-17-27/h2-4,7-15,18,24H,5-6,16-17H2,1H3,(H,26,28)/t24-/m0/s1. The summed E-state index contributed by atoms with van der Waals surface area (Å²) in [5, 5.41) is 3.11. The molecule has 1 aliphatic rings. The third-order valence-electron chi connectivity index (χ3n) is 5.60. The zero-order valence-electron chi connectivity index (χ0n) is 17.5. The van der Waals surface area contributed by atoms with Gasteiger partial charge in [0.2, 0.25) is 10.0 Å². The normalized spacial score (nSPS) is 15.5. The number of carbonyl (C=O) groups is 1. The number of amides is 1. The van der Waals surface area contributed by atoms with Gasteiger partial charge in [0, 0.05) is 18.7 Å². The van der Waals surface area contributed by atoms with Crippen molar-refractivity contribution in [1.29, 1.82) is 0 Å². The highest BCUT2D eigenvalue weighted by Gasteiger charge is 2.27. The van der Waals surface area contributed by atoms with Crippen molar-refractivity contribution >= 4 is 15.9 Å². The molecular weight excluding hydrogens is 408 g/mol. The van der Waals surface area contributed by atoms with E-state index in [-0.39, 0.29) is 16.8 Å². The van der Waals surface area contributed by atoms with Gasteiger partial charge in [-0.15, -0.1) is 0 Å². The minimum absolute atomic E-state index is 0.226. The van der Waals surface area contributed by atoms with Gasteiger partial charge in [-0.1, -0.05) is 60.2 Å². The van der Waals surface area contributed by atoms with Gasteiger partial charge < -0.3 is 5.32 Å². The molecule has 1 atom stereocenters. The Morgan fingerprint density at radius 1 is 0.871 bits per heavy atom. The van der Waals surface area contributed by atoms with Crippen molar-refractivity contribution in [3.05, 3.63) is 101 Å². The topological polar surface area (TPSA) is 66.5 Å². The van der Waals surface area contributed by atoms with Crippen LogP contribution in [0.4, 0.5) is 0 Å². The Balaban J connectivity index is 1.57. The highest BCUT2D eigenvalue weighted by atomic mass is 32.2. The number of sulfonamides is 1. The lowest BCUT2D eigenvalue weighted by Gasteiger charge is -2.21. The molecule has 1 heterocycles. The summed E-state index contributed by atoms with van der Waals surface area (Å²) >= 11 is 0. The fraction of sp³-hybridized carbons (Fsp3) is 0.240. The molecule has 3 aromatic carbocycles. The summed E-state index contributed by atoms with van der Waals surface area (Å²) in [7, 11) is -3.49. The molecule has 1 N–H and O–H groups in total. The van der Waals surface area contributed by atoms with Crippen molar-refractivity contribution < 1.29 is 13.2 Å². The number of nitrogens with one attached hydrogen (secondary N) is 1. The minimum Gasteiger partial charge on any atom is -0.341 e. The minimum atomic E-state index is -3.49. The lowest BCUT2D eigenvalue weighted by atomic mass is 9.97. The molecule has 0 spiro atoms. The van der Waals surface area contributed by atoms with E-state index in [0.717, 1.165) is 29.5 Å². The highest BCUT2D eigenvalue weighted by molar-refractivity contribution is 7.89. The third-order valence-corrected chi connectivity index (χ3v) is 7.52. The van der Waals surface area contributed by atoms with Crippen LogP contribution in [0.25, 0.3) is 0 Å². The zero-order chi connectivity index (χ0) is 21.8. The number of benzene rings is 3. The van der Waals surface area contributed by atoms with Gasteiger partial charge in [0.15, 0.2) is 0 Å². The molecule has 1 fully saturated rings. The van der Waals surface area contributed by atoms with Gasteiger partial charge >= 0.3 is 0 Å². The Hall–Kier alpha value is -2.96. The van der Waals surface area contributed by atoms with Crippen LogP contribution < -0.4 is 5.32 Å². The maximum atomic E-state index is 13.0. The number of nitrogens with zero attached hydrogens (tertiary/aromatic N) is 1. The second-order valence-electron chi connectivity index (χ2n) is 7.87. The number of carbonyl (C=O) groups excluding carboxylic acids is 1. The van der Waals surface area contributed by atoms with Gasteiger partial charge in [0.05, 0.1) is 10.9 Å². The van der Waals surface area contributed by atoms with E-state index in [1.807, 2.05) is 55.5 Å². The van der Waals surface area contributed by atoms with E-state index < -0.39 is 10.0 Å². The molecule has 0 unspecified atom stereocenters. The third kappa shape index (κ3) is 4.70. The first-order valence-electron chi connectivity index (χ1n) is 10.5. The molecule has 1 aliphatic heterocycles. The van der Waals surface area contributed by atoms with Crippen molar-refractivity contribution in [2.45, 2.75) is 30.7 Å². The maximum Gasteiger partial charge on any atom is 0.252 e.